The molecule has 0 aliphatic rings. The van der Waals surface area contributed by atoms with Gasteiger partial charge in [0.15, 0.2) is 0 Å². The van der Waals surface area contributed by atoms with Gasteiger partial charge in [-0.3, -0.25) is 0 Å². The number of alkyl halides is 3. The maximum Gasteiger partial charge on any atom is 0.416 e. The van der Waals surface area contributed by atoms with E-state index >= 15 is 0 Å². The highest BCUT2D eigenvalue weighted by Gasteiger charge is 2.30. The van der Waals surface area contributed by atoms with Crippen molar-refractivity contribution in [2.75, 3.05) is 13.7 Å². The molecule has 1 aromatic carbocycles. The van der Waals surface area contributed by atoms with Crippen molar-refractivity contribution < 1.29 is 17.9 Å². The van der Waals surface area contributed by atoms with Crippen molar-refractivity contribution in [1.29, 1.82) is 0 Å². The third kappa shape index (κ3) is 5.13. The summed E-state index contributed by atoms with van der Waals surface area (Å²) in [5.41, 5.74) is 0.259. The first kappa shape index (κ1) is 17.0. The number of methoxy groups -OCH3 is 1. The van der Waals surface area contributed by atoms with Gasteiger partial charge in [-0.25, -0.2) is 0 Å². The molecule has 0 fully saturated rings. The van der Waals surface area contributed by atoms with Crippen LogP contribution in [0.4, 0.5) is 13.2 Å². The topological polar surface area (TPSA) is 21.3 Å². The zero-order valence-corrected chi connectivity index (χ0v) is 12.1. The van der Waals surface area contributed by atoms with Crippen LogP contribution in [0.2, 0.25) is 0 Å². The highest BCUT2D eigenvalue weighted by Crippen LogP contribution is 2.29. The average Bonchev–Trinajstić information content (AvgIpc) is 2.42. The highest BCUT2D eigenvalue weighted by atomic mass is 19.4. The van der Waals surface area contributed by atoms with E-state index in [1.54, 1.807) is 7.11 Å². The van der Waals surface area contributed by atoms with Crippen molar-refractivity contribution in [3.8, 4) is 0 Å². The molecule has 0 saturated heterocycles. The Balaban J connectivity index is 2.73. The molecular formula is C15H22F3NO. The molecular weight excluding hydrogens is 267 g/mol. The van der Waals surface area contributed by atoms with Gasteiger partial charge >= 0.3 is 6.18 Å². The third-order valence-corrected chi connectivity index (χ3v) is 3.33. The van der Waals surface area contributed by atoms with Gasteiger partial charge in [-0.2, -0.15) is 13.2 Å². The lowest BCUT2D eigenvalue weighted by Gasteiger charge is -2.24. The van der Waals surface area contributed by atoms with E-state index in [9.17, 15) is 13.2 Å². The summed E-state index contributed by atoms with van der Waals surface area (Å²) in [6.07, 6.45) is -2.63. The lowest BCUT2D eigenvalue weighted by Crippen LogP contribution is -2.41. The SMILES string of the molecule is CCCNC(Cc1ccc(C(F)(F)F)cc1)C(C)OC. The third-order valence-electron chi connectivity index (χ3n) is 3.33. The van der Waals surface area contributed by atoms with E-state index in [1.807, 2.05) is 6.92 Å². The molecule has 1 rings (SSSR count). The molecule has 0 aliphatic carbocycles. The van der Waals surface area contributed by atoms with Crippen molar-refractivity contribution in [3.05, 3.63) is 35.4 Å². The van der Waals surface area contributed by atoms with Crippen LogP contribution >= 0.6 is 0 Å². The number of benzene rings is 1. The number of halogens is 3. The summed E-state index contributed by atoms with van der Waals surface area (Å²) in [7, 11) is 1.64. The van der Waals surface area contributed by atoms with Gasteiger partial charge in [0, 0.05) is 13.2 Å². The first-order valence-corrected chi connectivity index (χ1v) is 6.80. The maximum absolute atomic E-state index is 12.5. The molecule has 0 aliphatic heterocycles. The fourth-order valence-electron chi connectivity index (χ4n) is 1.98. The lowest BCUT2D eigenvalue weighted by molar-refractivity contribution is -0.137. The van der Waals surface area contributed by atoms with Crippen molar-refractivity contribution in [2.45, 2.75) is 45.0 Å². The quantitative estimate of drug-likeness (QED) is 0.827. The van der Waals surface area contributed by atoms with Crippen LogP contribution in [-0.4, -0.2) is 25.8 Å². The molecule has 2 unspecified atom stereocenters. The Bertz CT molecular complexity index is 389. The van der Waals surface area contributed by atoms with E-state index < -0.39 is 11.7 Å². The molecule has 0 amide bonds. The van der Waals surface area contributed by atoms with Crippen LogP contribution in [0.25, 0.3) is 0 Å². The molecule has 0 bridgehead atoms. The minimum absolute atomic E-state index is 0.00356. The monoisotopic (exact) mass is 289 g/mol. The number of rotatable bonds is 7. The fourth-order valence-corrected chi connectivity index (χ4v) is 1.98. The largest absolute Gasteiger partial charge is 0.416 e. The highest BCUT2D eigenvalue weighted by molar-refractivity contribution is 5.25. The number of hydrogen-bond donors (Lipinski definition) is 1. The Morgan fingerprint density at radius 3 is 2.25 bits per heavy atom. The van der Waals surface area contributed by atoms with Crippen LogP contribution in [0.3, 0.4) is 0 Å². The fraction of sp³-hybridized carbons (Fsp3) is 0.600. The van der Waals surface area contributed by atoms with Crippen LogP contribution in [0.15, 0.2) is 24.3 Å². The van der Waals surface area contributed by atoms with E-state index in [4.69, 9.17) is 4.74 Å². The zero-order valence-electron chi connectivity index (χ0n) is 12.1. The average molecular weight is 289 g/mol. The van der Waals surface area contributed by atoms with Gasteiger partial charge in [0.05, 0.1) is 11.7 Å². The Hall–Kier alpha value is -1.07. The van der Waals surface area contributed by atoms with E-state index in [-0.39, 0.29) is 12.1 Å². The Morgan fingerprint density at radius 1 is 1.20 bits per heavy atom. The van der Waals surface area contributed by atoms with Gasteiger partial charge in [0.1, 0.15) is 0 Å². The summed E-state index contributed by atoms with van der Waals surface area (Å²) in [5.74, 6) is 0. The molecule has 0 spiro atoms. The van der Waals surface area contributed by atoms with Crippen molar-refractivity contribution >= 4 is 0 Å². The van der Waals surface area contributed by atoms with Gasteiger partial charge in [0.2, 0.25) is 0 Å². The molecule has 0 heterocycles. The number of ether oxygens (including phenoxy) is 1. The van der Waals surface area contributed by atoms with Crippen LogP contribution in [-0.2, 0) is 17.3 Å². The second-order valence-electron chi connectivity index (χ2n) is 4.90. The summed E-state index contributed by atoms with van der Waals surface area (Å²) in [4.78, 5) is 0. The van der Waals surface area contributed by atoms with Crippen molar-refractivity contribution in [2.24, 2.45) is 0 Å². The predicted molar refractivity (Wildman–Crippen MR) is 73.7 cm³/mol. The Morgan fingerprint density at radius 2 is 1.80 bits per heavy atom. The summed E-state index contributed by atoms with van der Waals surface area (Å²) >= 11 is 0. The minimum Gasteiger partial charge on any atom is -0.380 e. The first-order chi connectivity index (χ1) is 9.38. The maximum atomic E-state index is 12.5. The van der Waals surface area contributed by atoms with E-state index in [1.165, 1.54) is 12.1 Å². The lowest BCUT2D eigenvalue weighted by atomic mass is 10.0. The van der Waals surface area contributed by atoms with Crippen molar-refractivity contribution in [1.82, 2.24) is 5.32 Å². The number of nitrogens with one attached hydrogen (secondary N) is 1. The molecule has 1 N–H and O–H groups in total. The predicted octanol–water partition coefficient (Wildman–Crippen LogP) is 3.65. The second-order valence-corrected chi connectivity index (χ2v) is 4.90. The van der Waals surface area contributed by atoms with Gasteiger partial charge in [0.25, 0.3) is 0 Å². The van der Waals surface area contributed by atoms with Gasteiger partial charge in [-0.1, -0.05) is 19.1 Å². The second kappa shape index (κ2) is 7.64. The molecule has 114 valence electrons. The molecule has 0 aromatic heterocycles. The molecule has 0 saturated carbocycles. The molecule has 2 atom stereocenters. The molecule has 1 aromatic rings. The summed E-state index contributed by atoms with van der Waals surface area (Å²) in [6.45, 7) is 4.88. The summed E-state index contributed by atoms with van der Waals surface area (Å²) in [6, 6.07) is 5.42. The van der Waals surface area contributed by atoms with Gasteiger partial charge in [-0.05, 0) is 44.0 Å². The molecule has 20 heavy (non-hydrogen) atoms. The standard InChI is InChI=1S/C15H22F3NO/c1-4-9-19-14(11(2)20-3)10-12-5-7-13(8-6-12)15(16,17)18/h5-8,11,14,19H,4,9-10H2,1-3H3. The van der Waals surface area contributed by atoms with Crippen LogP contribution in [0.1, 0.15) is 31.4 Å². The van der Waals surface area contributed by atoms with E-state index in [0.29, 0.717) is 6.42 Å². The first-order valence-electron chi connectivity index (χ1n) is 6.80. The number of hydrogen-bond acceptors (Lipinski definition) is 2. The van der Waals surface area contributed by atoms with Crippen LogP contribution in [0, 0.1) is 0 Å². The van der Waals surface area contributed by atoms with Gasteiger partial charge in [-0.15, -0.1) is 0 Å². The van der Waals surface area contributed by atoms with E-state index in [2.05, 4.69) is 12.2 Å². The minimum atomic E-state index is -4.28. The van der Waals surface area contributed by atoms with Crippen molar-refractivity contribution in [3.63, 3.8) is 0 Å². The van der Waals surface area contributed by atoms with Gasteiger partial charge < -0.3 is 10.1 Å². The van der Waals surface area contributed by atoms with Crippen LogP contribution in [0.5, 0.6) is 0 Å². The van der Waals surface area contributed by atoms with Crippen LogP contribution < -0.4 is 5.32 Å². The molecule has 5 heteroatoms. The molecule has 0 radical (unpaired) electrons. The van der Waals surface area contributed by atoms with E-state index in [0.717, 1.165) is 30.7 Å². The zero-order chi connectivity index (χ0) is 15.2. The summed E-state index contributed by atoms with van der Waals surface area (Å²) in [5, 5.41) is 3.37. The smallest absolute Gasteiger partial charge is 0.380 e. The normalized spacial score (nSPS) is 15.1. The Kier molecular flexibility index (Phi) is 6.49. The Labute approximate surface area is 118 Å². The molecule has 2 nitrogen and oxygen atoms in total. The summed E-state index contributed by atoms with van der Waals surface area (Å²) < 4.78 is 42.8.